The first-order chi connectivity index (χ1) is 9.06. The average Bonchev–Trinajstić information content (AvgIpc) is 2.37. The molecular weight excluding hydrogens is 236 g/mol. The molecule has 0 amide bonds. The van der Waals surface area contributed by atoms with E-state index in [-0.39, 0.29) is 0 Å². The Balaban J connectivity index is 2.75. The minimum absolute atomic E-state index is 0.635. The van der Waals surface area contributed by atoms with Crippen LogP contribution in [-0.4, -0.2) is 31.7 Å². The Labute approximate surface area is 116 Å². The summed E-state index contributed by atoms with van der Waals surface area (Å²) in [5.74, 6) is 0.635. The third-order valence-electron chi connectivity index (χ3n) is 3.10. The second-order valence-corrected chi connectivity index (χ2v) is 5.37. The molecule has 1 aromatic carbocycles. The number of methoxy groups -OCH3 is 1. The van der Waals surface area contributed by atoms with E-state index >= 15 is 0 Å². The second-order valence-electron chi connectivity index (χ2n) is 5.37. The van der Waals surface area contributed by atoms with Gasteiger partial charge in [-0.15, -0.1) is 0 Å². The molecule has 0 aliphatic rings. The molecule has 0 unspecified atom stereocenters. The number of aryl methyl sites for hydroxylation is 1. The van der Waals surface area contributed by atoms with Gasteiger partial charge in [0.1, 0.15) is 0 Å². The fraction of sp³-hybridized carbons (Fsp3) is 0.562. The molecule has 0 aliphatic heterocycles. The van der Waals surface area contributed by atoms with Crippen molar-refractivity contribution in [2.45, 2.75) is 27.3 Å². The Morgan fingerprint density at radius 3 is 2.63 bits per heavy atom. The molecular formula is C16H24N2O. The van der Waals surface area contributed by atoms with Gasteiger partial charge in [-0.1, -0.05) is 19.9 Å². The smallest absolute Gasteiger partial charge is 0.0991 e. The number of benzene rings is 1. The molecule has 0 aromatic heterocycles. The van der Waals surface area contributed by atoms with Crippen LogP contribution in [0, 0.1) is 24.2 Å². The van der Waals surface area contributed by atoms with Gasteiger partial charge in [0.15, 0.2) is 0 Å². The molecule has 0 saturated heterocycles. The van der Waals surface area contributed by atoms with E-state index in [1.807, 2.05) is 12.1 Å². The van der Waals surface area contributed by atoms with Gasteiger partial charge < -0.3 is 4.74 Å². The van der Waals surface area contributed by atoms with E-state index in [2.05, 4.69) is 37.8 Å². The van der Waals surface area contributed by atoms with Gasteiger partial charge in [-0.3, -0.25) is 4.90 Å². The Bertz CT molecular complexity index is 435. The minimum Gasteiger partial charge on any atom is -0.383 e. The van der Waals surface area contributed by atoms with E-state index in [9.17, 15) is 0 Å². The lowest BCUT2D eigenvalue weighted by molar-refractivity contribution is 0.136. The van der Waals surface area contributed by atoms with E-state index in [1.165, 1.54) is 11.1 Å². The fourth-order valence-corrected chi connectivity index (χ4v) is 2.16. The van der Waals surface area contributed by atoms with Gasteiger partial charge in [0.25, 0.3) is 0 Å². The van der Waals surface area contributed by atoms with Crippen LogP contribution in [0.2, 0.25) is 0 Å². The van der Waals surface area contributed by atoms with Gasteiger partial charge in [0.05, 0.1) is 18.2 Å². The van der Waals surface area contributed by atoms with Crippen molar-refractivity contribution >= 4 is 0 Å². The van der Waals surface area contributed by atoms with Crippen LogP contribution in [0.4, 0.5) is 0 Å². The summed E-state index contributed by atoms with van der Waals surface area (Å²) in [7, 11) is 1.74. The van der Waals surface area contributed by atoms with E-state index in [0.29, 0.717) is 5.92 Å². The third-order valence-corrected chi connectivity index (χ3v) is 3.10. The third kappa shape index (κ3) is 5.42. The summed E-state index contributed by atoms with van der Waals surface area (Å²) >= 11 is 0. The lowest BCUT2D eigenvalue weighted by atomic mass is 10.0. The molecule has 0 spiro atoms. The van der Waals surface area contributed by atoms with Crippen LogP contribution in [0.15, 0.2) is 18.2 Å². The number of nitriles is 1. The van der Waals surface area contributed by atoms with Crippen molar-refractivity contribution in [2.24, 2.45) is 5.92 Å². The highest BCUT2D eigenvalue weighted by Gasteiger charge is 2.10. The maximum atomic E-state index is 8.89. The first-order valence-corrected chi connectivity index (χ1v) is 6.77. The molecule has 0 fully saturated rings. The van der Waals surface area contributed by atoms with Gasteiger partial charge in [-0.25, -0.2) is 0 Å². The van der Waals surface area contributed by atoms with Crippen molar-refractivity contribution in [3.63, 3.8) is 0 Å². The van der Waals surface area contributed by atoms with Crippen molar-refractivity contribution in [3.05, 3.63) is 34.9 Å². The predicted molar refractivity (Wildman–Crippen MR) is 77.9 cm³/mol. The monoisotopic (exact) mass is 260 g/mol. The molecule has 0 N–H and O–H groups in total. The fourth-order valence-electron chi connectivity index (χ4n) is 2.16. The van der Waals surface area contributed by atoms with Crippen LogP contribution in [0.5, 0.6) is 0 Å². The highest BCUT2D eigenvalue weighted by molar-refractivity contribution is 5.37. The van der Waals surface area contributed by atoms with E-state index in [0.717, 1.165) is 31.8 Å². The van der Waals surface area contributed by atoms with Gasteiger partial charge >= 0.3 is 0 Å². The summed E-state index contributed by atoms with van der Waals surface area (Å²) in [4.78, 5) is 2.41. The largest absolute Gasteiger partial charge is 0.383 e. The Morgan fingerprint density at radius 1 is 1.37 bits per heavy atom. The molecule has 3 heteroatoms. The predicted octanol–water partition coefficient (Wildman–Crippen LogP) is 2.97. The molecule has 19 heavy (non-hydrogen) atoms. The number of hydrogen-bond acceptors (Lipinski definition) is 3. The molecule has 1 aromatic rings. The Kier molecular flexibility index (Phi) is 6.55. The number of rotatable bonds is 7. The number of hydrogen-bond donors (Lipinski definition) is 0. The van der Waals surface area contributed by atoms with E-state index in [1.54, 1.807) is 7.11 Å². The minimum atomic E-state index is 0.635. The Hall–Kier alpha value is -1.37. The highest BCUT2D eigenvalue weighted by atomic mass is 16.5. The normalized spacial score (nSPS) is 11.0. The van der Waals surface area contributed by atoms with Crippen LogP contribution in [0.25, 0.3) is 0 Å². The lowest BCUT2D eigenvalue weighted by Crippen LogP contribution is -2.30. The highest BCUT2D eigenvalue weighted by Crippen LogP contribution is 2.14. The summed E-state index contributed by atoms with van der Waals surface area (Å²) in [6.07, 6.45) is 0. The molecule has 0 aliphatic carbocycles. The first kappa shape index (κ1) is 15.7. The molecule has 0 radical (unpaired) electrons. The molecule has 0 bridgehead atoms. The first-order valence-electron chi connectivity index (χ1n) is 6.77. The summed E-state index contributed by atoms with van der Waals surface area (Å²) in [6, 6.07) is 8.10. The number of nitrogens with zero attached hydrogens (tertiary/aromatic N) is 2. The molecule has 0 atom stereocenters. The SMILES string of the molecule is COCCN(Cc1ccc(C#N)cc1C)CC(C)C. The molecule has 3 nitrogen and oxygen atoms in total. The van der Waals surface area contributed by atoms with E-state index in [4.69, 9.17) is 10.00 Å². The zero-order chi connectivity index (χ0) is 14.3. The summed E-state index contributed by atoms with van der Waals surface area (Å²) in [5.41, 5.74) is 3.20. The van der Waals surface area contributed by atoms with Gasteiger partial charge in [0, 0.05) is 26.7 Å². The zero-order valence-electron chi connectivity index (χ0n) is 12.4. The lowest BCUT2D eigenvalue weighted by Gasteiger charge is -2.24. The standard InChI is InChI=1S/C16H24N2O/c1-13(2)11-18(7-8-19-4)12-16-6-5-15(10-17)9-14(16)3/h5-6,9,13H,7-8,11-12H2,1-4H3. The van der Waals surface area contributed by atoms with Gasteiger partial charge in [0.2, 0.25) is 0 Å². The van der Waals surface area contributed by atoms with Crippen molar-refractivity contribution < 1.29 is 4.74 Å². The van der Waals surface area contributed by atoms with Gasteiger partial charge in [-0.2, -0.15) is 5.26 Å². The van der Waals surface area contributed by atoms with Crippen LogP contribution in [-0.2, 0) is 11.3 Å². The topological polar surface area (TPSA) is 36.3 Å². The van der Waals surface area contributed by atoms with Crippen LogP contribution in [0.1, 0.15) is 30.5 Å². The second kappa shape index (κ2) is 7.93. The van der Waals surface area contributed by atoms with E-state index < -0.39 is 0 Å². The quantitative estimate of drug-likeness (QED) is 0.756. The molecule has 1 rings (SSSR count). The summed E-state index contributed by atoms with van der Waals surface area (Å²) in [6.45, 7) is 10.2. The molecule has 0 saturated carbocycles. The maximum Gasteiger partial charge on any atom is 0.0991 e. The summed E-state index contributed by atoms with van der Waals surface area (Å²) < 4.78 is 5.17. The van der Waals surface area contributed by atoms with Crippen LogP contribution >= 0.6 is 0 Å². The van der Waals surface area contributed by atoms with Crippen LogP contribution in [0.3, 0.4) is 0 Å². The average molecular weight is 260 g/mol. The Morgan fingerprint density at radius 2 is 2.11 bits per heavy atom. The molecule has 104 valence electrons. The van der Waals surface area contributed by atoms with Crippen molar-refractivity contribution in [2.75, 3.05) is 26.8 Å². The van der Waals surface area contributed by atoms with Crippen LogP contribution < -0.4 is 0 Å². The number of ether oxygens (including phenoxy) is 1. The van der Waals surface area contributed by atoms with Crippen molar-refractivity contribution in [1.29, 1.82) is 5.26 Å². The maximum absolute atomic E-state index is 8.89. The van der Waals surface area contributed by atoms with Crippen molar-refractivity contribution in [1.82, 2.24) is 4.90 Å². The zero-order valence-corrected chi connectivity index (χ0v) is 12.4. The summed E-state index contributed by atoms with van der Waals surface area (Å²) in [5, 5.41) is 8.89. The molecule has 0 heterocycles. The van der Waals surface area contributed by atoms with Gasteiger partial charge in [-0.05, 0) is 36.1 Å². The van der Waals surface area contributed by atoms with Crippen molar-refractivity contribution in [3.8, 4) is 6.07 Å².